The number of carbonyl (C=O) groups is 2. The molecular weight excluding hydrogens is 475 g/mol. The number of amides is 1. The number of fused-ring (bicyclic) bond motifs is 1. The summed E-state index contributed by atoms with van der Waals surface area (Å²) in [6.45, 7) is 1.43. The first-order valence-electron chi connectivity index (χ1n) is 11.5. The van der Waals surface area contributed by atoms with Crippen molar-refractivity contribution in [3.05, 3.63) is 73.8 Å². The molecular formula is C26H26ClFN2O5. The highest BCUT2D eigenvalue weighted by Crippen LogP contribution is 2.28. The number of H-pyrrole nitrogens is 1. The van der Waals surface area contributed by atoms with E-state index in [-0.39, 0.29) is 35.0 Å². The quantitative estimate of drug-likeness (QED) is 0.449. The maximum Gasteiger partial charge on any atom is 0.343 e. The van der Waals surface area contributed by atoms with Gasteiger partial charge in [0.05, 0.1) is 18.0 Å². The number of ether oxygens (including phenoxy) is 2. The SMILES string of the molecule is CCc1[nH]c2c(F)ccc(OCC(=O)OC)c2c(=O)c1Cc1ccc(C(=O)NC2CCC2)cc1Cl. The van der Waals surface area contributed by atoms with Gasteiger partial charge in [0.25, 0.3) is 5.91 Å². The van der Waals surface area contributed by atoms with Crippen molar-refractivity contribution >= 4 is 34.4 Å². The maximum absolute atomic E-state index is 14.6. The molecule has 0 spiro atoms. The van der Waals surface area contributed by atoms with Crippen molar-refractivity contribution in [3.8, 4) is 5.75 Å². The fourth-order valence-corrected chi connectivity index (χ4v) is 4.32. The average molecular weight is 501 g/mol. The summed E-state index contributed by atoms with van der Waals surface area (Å²) in [6.07, 6.45) is 3.70. The second kappa shape index (κ2) is 10.5. The number of rotatable bonds is 8. The van der Waals surface area contributed by atoms with Gasteiger partial charge in [-0.25, -0.2) is 9.18 Å². The van der Waals surface area contributed by atoms with E-state index in [2.05, 4.69) is 15.0 Å². The summed E-state index contributed by atoms with van der Waals surface area (Å²) in [6, 6.07) is 7.69. The summed E-state index contributed by atoms with van der Waals surface area (Å²) < 4.78 is 24.7. The van der Waals surface area contributed by atoms with Gasteiger partial charge in [-0.1, -0.05) is 24.6 Å². The van der Waals surface area contributed by atoms with Crippen LogP contribution in [0.15, 0.2) is 35.1 Å². The number of halogens is 2. The number of pyridine rings is 1. The van der Waals surface area contributed by atoms with Crippen LogP contribution in [0.5, 0.6) is 5.75 Å². The van der Waals surface area contributed by atoms with Crippen molar-refractivity contribution in [2.24, 2.45) is 0 Å². The Morgan fingerprint density at radius 3 is 2.63 bits per heavy atom. The molecule has 1 aliphatic carbocycles. The molecule has 1 fully saturated rings. The molecule has 9 heteroatoms. The predicted molar refractivity (Wildman–Crippen MR) is 131 cm³/mol. The number of methoxy groups -OCH3 is 1. The van der Waals surface area contributed by atoms with E-state index in [0.717, 1.165) is 19.3 Å². The average Bonchev–Trinajstić information content (AvgIpc) is 2.83. The molecule has 2 N–H and O–H groups in total. The molecule has 0 saturated heterocycles. The van der Waals surface area contributed by atoms with E-state index in [1.165, 1.54) is 19.2 Å². The highest BCUT2D eigenvalue weighted by molar-refractivity contribution is 6.31. The first-order chi connectivity index (χ1) is 16.8. The lowest BCUT2D eigenvalue weighted by molar-refractivity contribution is -0.142. The van der Waals surface area contributed by atoms with Crippen molar-refractivity contribution in [1.29, 1.82) is 0 Å². The molecule has 0 radical (unpaired) electrons. The molecule has 0 unspecified atom stereocenters. The molecule has 1 heterocycles. The van der Waals surface area contributed by atoms with Crippen LogP contribution in [0.3, 0.4) is 0 Å². The Kier molecular flexibility index (Phi) is 7.40. The summed E-state index contributed by atoms with van der Waals surface area (Å²) >= 11 is 6.50. The summed E-state index contributed by atoms with van der Waals surface area (Å²) in [5.41, 5.74) is 1.66. The minimum absolute atomic E-state index is 0.00655. The van der Waals surface area contributed by atoms with Crippen molar-refractivity contribution in [2.45, 2.75) is 45.1 Å². The number of nitrogens with one attached hydrogen (secondary N) is 2. The Morgan fingerprint density at radius 1 is 1.23 bits per heavy atom. The number of benzene rings is 2. The summed E-state index contributed by atoms with van der Waals surface area (Å²) in [5.74, 6) is -1.34. The molecule has 0 atom stereocenters. The lowest BCUT2D eigenvalue weighted by atomic mass is 9.93. The van der Waals surface area contributed by atoms with Crippen molar-refractivity contribution < 1.29 is 23.5 Å². The Morgan fingerprint density at radius 2 is 2.00 bits per heavy atom. The molecule has 7 nitrogen and oxygen atoms in total. The van der Waals surface area contributed by atoms with E-state index in [1.807, 2.05) is 6.92 Å². The number of aromatic amines is 1. The standard InChI is InChI=1S/C26H26ClFN2O5/c1-3-20-17(11-14-7-8-15(12-18(14)27)26(33)29-16-5-4-6-16)25(32)23-21(35-13-22(31)34-2)10-9-19(28)24(23)30-20/h7-10,12,16H,3-6,11,13H2,1-2H3,(H,29,33)(H,30,32). The van der Waals surface area contributed by atoms with Crippen LogP contribution in [0.1, 0.15) is 53.4 Å². The van der Waals surface area contributed by atoms with Crippen LogP contribution >= 0.6 is 11.6 Å². The third-order valence-corrected chi connectivity index (χ3v) is 6.66. The lowest BCUT2D eigenvalue weighted by Crippen LogP contribution is -2.39. The molecule has 0 bridgehead atoms. The fraction of sp³-hybridized carbons (Fsp3) is 0.346. The Balaban J connectivity index is 1.70. The summed E-state index contributed by atoms with van der Waals surface area (Å²) in [7, 11) is 1.22. The van der Waals surface area contributed by atoms with Crippen molar-refractivity contribution in [2.75, 3.05) is 13.7 Å². The monoisotopic (exact) mass is 500 g/mol. The molecule has 0 aliphatic heterocycles. The van der Waals surface area contributed by atoms with Gasteiger partial charge in [0.15, 0.2) is 12.0 Å². The summed E-state index contributed by atoms with van der Waals surface area (Å²) in [5, 5.41) is 3.34. The van der Waals surface area contributed by atoms with Gasteiger partial charge in [0.1, 0.15) is 11.6 Å². The van der Waals surface area contributed by atoms with E-state index in [0.29, 0.717) is 33.8 Å². The van der Waals surface area contributed by atoms with Crippen molar-refractivity contribution in [3.63, 3.8) is 0 Å². The second-order valence-corrected chi connectivity index (χ2v) is 8.92. The van der Waals surface area contributed by atoms with Gasteiger partial charge in [0.2, 0.25) is 0 Å². The zero-order chi connectivity index (χ0) is 25.1. The zero-order valence-electron chi connectivity index (χ0n) is 19.5. The van der Waals surface area contributed by atoms with E-state index in [4.69, 9.17) is 16.3 Å². The first kappa shape index (κ1) is 24.7. The molecule has 4 rings (SSSR count). The number of hydrogen-bond donors (Lipinski definition) is 2. The van der Waals surface area contributed by atoms with Crippen LogP contribution in [0.2, 0.25) is 5.02 Å². The lowest BCUT2D eigenvalue weighted by Gasteiger charge is -2.26. The summed E-state index contributed by atoms with van der Waals surface area (Å²) in [4.78, 5) is 40.6. The van der Waals surface area contributed by atoms with Crippen LogP contribution < -0.4 is 15.5 Å². The largest absolute Gasteiger partial charge is 0.481 e. The smallest absolute Gasteiger partial charge is 0.343 e. The normalized spacial score (nSPS) is 13.4. The highest BCUT2D eigenvalue weighted by Gasteiger charge is 2.22. The number of esters is 1. The van der Waals surface area contributed by atoms with Gasteiger partial charge in [-0.3, -0.25) is 9.59 Å². The molecule has 1 saturated carbocycles. The number of carbonyl (C=O) groups excluding carboxylic acids is 2. The molecule has 2 aromatic carbocycles. The van der Waals surface area contributed by atoms with Crippen molar-refractivity contribution in [1.82, 2.24) is 10.3 Å². The second-order valence-electron chi connectivity index (χ2n) is 8.51. The van der Waals surface area contributed by atoms with Crippen LogP contribution in [-0.2, 0) is 22.4 Å². The van der Waals surface area contributed by atoms with Gasteiger partial charge >= 0.3 is 5.97 Å². The van der Waals surface area contributed by atoms with Gasteiger partial charge < -0.3 is 19.8 Å². The van der Waals surface area contributed by atoms with Crippen LogP contribution in [0, 0.1) is 5.82 Å². The minimum atomic E-state index is -0.627. The van der Waals surface area contributed by atoms with Gasteiger partial charge in [-0.05, 0) is 55.5 Å². The van der Waals surface area contributed by atoms with Crippen LogP contribution in [0.4, 0.5) is 4.39 Å². The number of aromatic nitrogens is 1. The zero-order valence-corrected chi connectivity index (χ0v) is 20.3. The fourth-order valence-electron chi connectivity index (χ4n) is 4.07. The number of hydrogen-bond acceptors (Lipinski definition) is 5. The Bertz CT molecular complexity index is 1350. The highest BCUT2D eigenvalue weighted by atomic mass is 35.5. The van der Waals surface area contributed by atoms with E-state index in [9.17, 15) is 18.8 Å². The Hall–Kier alpha value is -3.39. The van der Waals surface area contributed by atoms with Gasteiger partial charge in [0, 0.05) is 34.3 Å². The topological polar surface area (TPSA) is 97.5 Å². The predicted octanol–water partition coefficient (Wildman–Crippen LogP) is 4.31. The van der Waals surface area contributed by atoms with E-state index < -0.39 is 23.8 Å². The van der Waals surface area contributed by atoms with E-state index in [1.54, 1.807) is 18.2 Å². The Labute approximate surface area is 206 Å². The molecule has 1 aromatic heterocycles. The molecule has 1 aliphatic rings. The third-order valence-electron chi connectivity index (χ3n) is 6.31. The molecule has 184 valence electrons. The van der Waals surface area contributed by atoms with Crippen LogP contribution in [0.25, 0.3) is 10.9 Å². The molecule has 35 heavy (non-hydrogen) atoms. The first-order valence-corrected chi connectivity index (χ1v) is 11.8. The molecule has 3 aromatic rings. The van der Waals surface area contributed by atoms with Gasteiger partial charge in [-0.2, -0.15) is 0 Å². The third kappa shape index (κ3) is 5.17. The molecule has 1 amide bonds. The van der Waals surface area contributed by atoms with Gasteiger partial charge in [-0.15, -0.1) is 0 Å². The number of aryl methyl sites for hydroxylation is 1. The van der Waals surface area contributed by atoms with Crippen LogP contribution in [-0.4, -0.2) is 36.6 Å². The maximum atomic E-state index is 14.6. The van der Waals surface area contributed by atoms with E-state index >= 15 is 0 Å². The minimum Gasteiger partial charge on any atom is -0.481 e.